The molecule has 0 radical (unpaired) electrons. The van der Waals surface area contributed by atoms with Crippen LogP contribution in [0.3, 0.4) is 0 Å². The number of nitrogens with zero attached hydrogens (tertiary/aromatic N) is 3. The number of rotatable bonds is 9. The molecule has 12 nitrogen and oxygen atoms in total. The van der Waals surface area contributed by atoms with Crippen LogP contribution in [-0.4, -0.2) is 39.1 Å². The molecule has 1 atom stereocenters. The number of amidine groups is 1. The lowest BCUT2D eigenvalue weighted by atomic mass is 9.91. The minimum atomic E-state index is -1.28. The molecule has 1 aromatic heterocycles. The Balaban J connectivity index is 1.46. The third kappa shape index (κ3) is 7.57. The molecule has 1 unspecified atom stereocenters. The minimum absolute atomic E-state index is 0.00238. The van der Waals surface area contributed by atoms with Crippen LogP contribution in [0.1, 0.15) is 56.1 Å². The van der Waals surface area contributed by atoms with Gasteiger partial charge in [0.05, 0.1) is 6.20 Å². The second kappa shape index (κ2) is 13.4. The molecule has 0 bridgehead atoms. The number of fused-ring (bicyclic) bond motifs is 1. The first-order chi connectivity index (χ1) is 20.9. The van der Waals surface area contributed by atoms with E-state index in [1.807, 2.05) is 30.3 Å². The predicted octanol–water partition coefficient (Wildman–Crippen LogP) is 4.17. The molecule has 0 aliphatic carbocycles. The van der Waals surface area contributed by atoms with E-state index in [0.29, 0.717) is 24.2 Å². The van der Waals surface area contributed by atoms with E-state index >= 15 is 0 Å². The summed E-state index contributed by atoms with van der Waals surface area (Å²) in [6.07, 6.45) is 2.14. The first kappa shape index (κ1) is 31.7. The molecule has 0 spiro atoms. The average molecular weight is 601 g/mol. The summed E-state index contributed by atoms with van der Waals surface area (Å²) in [6.45, 7) is 9.18. The third-order valence-corrected chi connectivity index (χ3v) is 6.89. The summed E-state index contributed by atoms with van der Waals surface area (Å²) in [6, 6.07) is 16.0. The standard InChI is InChI=1S/C32H36N6O6/c1-5-16-32(28(40)35-18-21-11-13-23(14-12-21)26(33)37-30(42)44-31(2,3)4)17-15-25-34-19-24(27(39)38(25)32)36-29(41)43-20-22-9-7-6-8-10-22/h5-14,19H,1,15-18,20H2,2-4H3,(H,35,40)(H,36,41)(H2,33,37,42). The molecule has 230 valence electrons. The molecular formula is C32H36N6O6. The molecule has 1 aliphatic heterocycles. The molecule has 3 aromatic rings. The van der Waals surface area contributed by atoms with Crippen molar-refractivity contribution in [3.8, 4) is 0 Å². The third-order valence-electron chi connectivity index (χ3n) is 6.89. The maximum atomic E-state index is 13.7. The van der Waals surface area contributed by atoms with Crippen LogP contribution >= 0.6 is 0 Å². The number of amides is 3. The number of aliphatic imine (C=N–C) groups is 1. The van der Waals surface area contributed by atoms with Gasteiger partial charge in [0.15, 0.2) is 0 Å². The first-order valence-corrected chi connectivity index (χ1v) is 14.1. The summed E-state index contributed by atoms with van der Waals surface area (Å²) < 4.78 is 11.8. The number of hydrogen-bond acceptors (Lipinski definition) is 7. The Morgan fingerprint density at radius 1 is 1.11 bits per heavy atom. The van der Waals surface area contributed by atoms with Crippen molar-refractivity contribution < 1.29 is 23.9 Å². The Hall–Kier alpha value is -5.26. The fourth-order valence-corrected chi connectivity index (χ4v) is 4.82. The van der Waals surface area contributed by atoms with Crippen molar-refractivity contribution in [1.29, 1.82) is 0 Å². The number of carbonyl (C=O) groups excluding carboxylic acids is 3. The van der Waals surface area contributed by atoms with Crippen LogP contribution in [0.4, 0.5) is 15.3 Å². The zero-order valence-corrected chi connectivity index (χ0v) is 25.0. The molecule has 0 saturated carbocycles. The molecule has 1 aliphatic rings. The lowest BCUT2D eigenvalue weighted by Gasteiger charge is -2.29. The van der Waals surface area contributed by atoms with Gasteiger partial charge in [0.1, 0.15) is 35.1 Å². The molecule has 0 fully saturated rings. The number of ether oxygens (including phenoxy) is 2. The lowest BCUT2D eigenvalue weighted by Crippen LogP contribution is -2.50. The smallest absolute Gasteiger partial charge is 0.436 e. The van der Waals surface area contributed by atoms with Crippen LogP contribution in [-0.2, 0) is 39.4 Å². The first-order valence-electron chi connectivity index (χ1n) is 14.1. The summed E-state index contributed by atoms with van der Waals surface area (Å²) in [5.41, 5.74) is 5.38. The topological polar surface area (TPSA) is 167 Å². The van der Waals surface area contributed by atoms with Gasteiger partial charge in [-0.15, -0.1) is 6.58 Å². The fraction of sp³-hybridized carbons (Fsp3) is 0.312. The Bertz CT molecular complexity index is 1630. The van der Waals surface area contributed by atoms with Crippen LogP contribution in [0.2, 0.25) is 0 Å². The zero-order valence-electron chi connectivity index (χ0n) is 25.0. The van der Waals surface area contributed by atoms with E-state index in [4.69, 9.17) is 15.2 Å². The predicted molar refractivity (Wildman–Crippen MR) is 165 cm³/mol. The van der Waals surface area contributed by atoms with E-state index in [2.05, 4.69) is 27.2 Å². The van der Waals surface area contributed by atoms with Crippen LogP contribution in [0.25, 0.3) is 0 Å². The summed E-state index contributed by atoms with van der Waals surface area (Å²) in [5, 5.41) is 5.38. The molecule has 2 aromatic carbocycles. The van der Waals surface area contributed by atoms with Gasteiger partial charge in [0, 0.05) is 18.5 Å². The van der Waals surface area contributed by atoms with Gasteiger partial charge in [-0.2, -0.15) is 4.99 Å². The molecule has 3 amide bonds. The van der Waals surface area contributed by atoms with Gasteiger partial charge in [-0.1, -0.05) is 60.7 Å². The fourth-order valence-electron chi connectivity index (χ4n) is 4.82. The highest BCUT2D eigenvalue weighted by Crippen LogP contribution is 2.34. The van der Waals surface area contributed by atoms with Gasteiger partial charge in [0.2, 0.25) is 5.91 Å². The SMILES string of the molecule is C=CCC1(C(=O)NCc2ccc(C(N)=NC(=O)OC(C)(C)C)cc2)CCc2ncc(NC(=O)OCc3ccccc3)c(=O)n21. The van der Waals surface area contributed by atoms with Crippen molar-refractivity contribution >= 4 is 29.6 Å². The summed E-state index contributed by atoms with van der Waals surface area (Å²) in [7, 11) is 0. The van der Waals surface area contributed by atoms with Crippen molar-refractivity contribution in [3.63, 3.8) is 0 Å². The van der Waals surface area contributed by atoms with Crippen molar-refractivity contribution in [2.24, 2.45) is 10.7 Å². The van der Waals surface area contributed by atoms with Crippen LogP contribution in [0.15, 0.2) is 83.2 Å². The number of benzene rings is 2. The maximum absolute atomic E-state index is 13.7. The molecule has 0 saturated heterocycles. The van der Waals surface area contributed by atoms with E-state index < -0.39 is 28.9 Å². The Kier molecular flexibility index (Phi) is 9.62. The minimum Gasteiger partial charge on any atom is -0.444 e. The van der Waals surface area contributed by atoms with Crippen molar-refractivity contribution in [1.82, 2.24) is 14.9 Å². The molecule has 4 N–H and O–H groups in total. The van der Waals surface area contributed by atoms with Gasteiger partial charge in [0.25, 0.3) is 5.56 Å². The Morgan fingerprint density at radius 3 is 2.48 bits per heavy atom. The maximum Gasteiger partial charge on any atom is 0.436 e. The normalized spacial score (nSPS) is 16.0. The number of anilines is 1. The van der Waals surface area contributed by atoms with Gasteiger partial charge in [-0.05, 0) is 44.7 Å². The Labute approximate surface area is 255 Å². The van der Waals surface area contributed by atoms with Gasteiger partial charge < -0.3 is 20.5 Å². The number of nitrogens with one attached hydrogen (secondary N) is 2. The Morgan fingerprint density at radius 2 is 1.82 bits per heavy atom. The number of aromatic nitrogens is 2. The van der Waals surface area contributed by atoms with E-state index in [1.54, 1.807) is 51.1 Å². The highest BCUT2D eigenvalue weighted by Gasteiger charge is 2.46. The quantitative estimate of drug-likeness (QED) is 0.187. The van der Waals surface area contributed by atoms with Crippen molar-refractivity contribution in [3.05, 3.63) is 106 Å². The summed E-state index contributed by atoms with van der Waals surface area (Å²) in [4.78, 5) is 59.8. The van der Waals surface area contributed by atoms with Gasteiger partial charge in [-0.3, -0.25) is 19.5 Å². The number of nitrogens with two attached hydrogens (primary N) is 1. The van der Waals surface area contributed by atoms with E-state index in [-0.39, 0.29) is 37.0 Å². The molecule has 12 heteroatoms. The summed E-state index contributed by atoms with van der Waals surface area (Å²) in [5.74, 6) is 0.0424. The van der Waals surface area contributed by atoms with Crippen molar-refractivity contribution in [2.45, 2.75) is 64.3 Å². The van der Waals surface area contributed by atoms with Gasteiger partial charge >= 0.3 is 12.2 Å². The van der Waals surface area contributed by atoms with Crippen LogP contribution < -0.4 is 21.9 Å². The number of hydrogen-bond donors (Lipinski definition) is 3. The van der Waals surface area contributed by atoms with Crippen molar-refractivity contribution in [2.75, 3.05) is 5.32 Å². The summed E-state index contributed by atoms with van der Waals surface area (Å²) >= 11 is 0. The number of carbonyl (C=O) groups is 3. The monoisotopic (exact) mass is 600 g/mol. The second-order valence-electron chi connectivity index (χ2n) is 11.3. The van der Waals surface area contributed by atoms with E-state index in [0.717, 1.165) is 11.1 Å². The lowest BCUT2D eigenvalue weighted by molar-refractivity contribution is -0.129. The number of allylic oxidation sites excluding steroid dienone is 1. The zero-order chi connectivity index (χ0) is 31.9. The average Bonchev–Trinajstić information content (AvgIpc) is 3.36. The van der Waals surface area contributed by atoms with Crippen LogP contribution in [0, 0.1) is 0 Å². The largest absolute Gasteiger partial charge is 0.444 e. The van der Waals surface area contributed by atoms with Crippen LogP contribution in [0.5, 0.6) is 0 Å². The highest BCUT2D eigenvalue weighted by atomic mass is 16.6. The van der Waals surface area contributed by atoms with Gasteiger partial charge in [-0.25, -0.2) is 14.6 Å². The molecule has 44 heavy (non-hydrogen) atoms. The highest BCUT2D eigenvalue weighted by molar-refractivity contribution is 6.02. The van der Waals surface area contributed by atoms with E-state index in [9.17, 15) is 19.2 Å². The number of aryl methyl sites for hydroxylation is 1. The molecular weight excluding hydrogens is 564 g/mol. The second-order valence-corrected chi connectivity index (χ2v) is 11.3. The van der Waals surface area contributed by atoms with E-state index in [1.165, 1.54) is 10.8 Å². The molecule has 2 heterocycles. The molecule has 4 rings (SSSR count).